The Hall–Kier alpha value is 0.439. The summed E-state index contributed by atoms with van der Waals surface area (Å²) in [6, 6.07) is 0. The maximum Gasteiger partial charge on any atom is 3.00 e. The van der Waals surface area contributed by atoms with Gasteiger partial charge >= 0.3 is 34.1 Å². The van der Waals surface area contributed by atoms with Gasteiger partial charge in [-0.2, -0.15) is 0 Å². The average Bonchev–Trinajstić information content (AvgIpc) is 2.80. The minimum atomic E-state index is -2.22. The van der Waals surface area contributed by atoms with E-state index in [4.69, 9.17) is 24.4 Å². The van der Waals surface area contributed by atoms with Gasteiger partial charge in [0.15, 0.2) is 6.29 Å². The summed E-state index contributed by atoms with van der Waals surface area (Å²) in [5.41, 5.74) is 0. The maximum absolute atomic E-state index is 10.00. The predicted molar refractivity (Wildman–Crippen MR) is 74.3 cm³/mol. The third-order valence-electron chi connectivity index (χ3n) is 4.07. The second-order valence-electron chi connectivity index (χ2n) is 5.56. The Balaban J connectivity index is -0.000000320. The molecule has 2 rings (SSSR count). The van der Waals surface area contributed by atoms with Crippen LogP contribution in [0.25, 0.3) is 0 Å². The molecule has 0 aliphatic carbocycles. The molecule has 0 aromatic heterocycles. The van der Waals surface area contributed by atoms with Crippen LogP contribution in [0.2, 0.25) is 0 Å². The minimum Gasteiger partial charge on any atom is -2.00 e. The van der Waals surface area contributed by atoms with Crippen LogP contribution in [0.3, 0.4) is 0 Å². The van der Waals surface area contributed by atoms with Crippen LogP contribution in [-0.2, 0) is 64.8 Å². The van der Waals surface area contributed by atoms with E-state index >= 15 is 0 Å². The summed E-state index contributed by atoms with van der Waals surface area (Å²) in [4.78, 5) is 0. The van der Waals surface area contributed by atoms with Crippen LogP contribution < -0.4 is 0 Å². The molecule has 0 saturated carbocycles. The molecule has 2 heterocycles. The zero-order chi connectivity index (χ0) is 17.4. The van der Waals surface area contributed by atoms with E-state index in [0.717, 1.165) is 0 Å². The second-order valence-corrected chi connectivity index (χ2v) is 5.56. The number of aliphatic hydroxyl groups excluding tert-OH is 8. The molecule has 0 amide bonds. The first-order chi connectivity index (χ1) is 10.8. The summed E-state index contributed by atoms with van der Waals surface area (Å²) < 4.78 is 15.4. The van der Waals surface area contributed by atoms with E-state index in [-0.39, 0.29) is 56.0 Å². The maximum atomic E-state index is 10.00. The fourth-order valence-corrected chi connectivity index (χ4v) is 2.63. The Bertz CT molecular complexity index is 407. The van der Waals surface area contributed by atoms with Gasteiger partial charge in [-0.25, -0.2) is 0 Å². The van der Waals surface area contributed by atoms with Crippen molar-refractivity contribution >= 4 is 0 Å². The van der Waals surface area contributed by atoms with Crippen LogP contribution in [0, 0.1) is 0 Å². The molecule has 0 aromatic carbocycles. The molecule has 17 heteroatoms. The van der Waals surface area contributed by atoms with Crippen LogP contribution in [0.15, 0.2) is 0 Å². The van der Waals surface area contributed by atoms with E-state index < -0.39 is 74.6 Å². The number of rotatable bonds is 5. The van der Waals surface area contributed by atoms with Crippen molar-refractivity contribution < 1.29 is 111 Å². The molecular formula is C12H24Fe2O15. The first-order valence-electron chi connectivity index (χ1n) is 7.05. The van der Waals surface area contributed by atoms with Crippen LogP contribution in [0.5, 0.6) is 0 Å². The van der Waals surface area contributed by atoms with Gasteiger partial charge in [0.2, 0.25) is 5.79 Å². The molecule has 178 valence electrons. The minimum absolute atomic E-state index is 0. The number of aliphatic hydroxyl groups is 8. The molecule has 15 nitrogen and oxygen atoms in total. The summed E-state index contributed by atoms with van der Waals surface area (Å²) in [6.45, 7) is -2.32. The van der Waals surface area contributed by atoms with Gasteiger partial charge in [-0.3, -0.25) is 0 Å². The van der Waals surface area contributed by atoms with Crippen molar-refractivity contribution in [2.45, 2.75) is 54.8 Å². The molecule has 2 aliphatic rings. The summed E-state index contributed by atoms with van der Waals surface area (Å²) in [6.07, 6.45) is -12.7. The molecule has 10 N–H and O–H groups in total. The quantitative estimate of drug-likeness (QED) is 0.158. The third kappa shape index (κ3) is 7.51. The molecule has 2 saturated heterocycles. The number of hydrogen-bond acceptors (Lipinski definition) is 11. The number of ether oxygens (including phenoxy) is 3. The zero-order valence-electron chi connectivity index (χ0n) is 14.5. The summed E-state index contributed by atoms with van der Waals surface area (Å²) in [7, 11) is 0. The Kier molecular flexibility index (Phi) is 22.2. The van der Waals surface area contributed by atoms with Crippen LogP contribution in [0.4, 0.5) is 0 Å². The Morgan fingerprint density at radius 2 is 1.21 bits per heavy atom. The zero-order valence-corrected chi connectivity index (χ0v) is 16.7. The van der Waals surface area contributed by atoms with Gasteiger partial charge in [0.05, 0.1) is 13.2 Å². The molecule has 9 unspecified atom stereocenters. The van der Waals surface area contributed by atoms with Crippen molar-refractivity contribution in [3.8, 4) is 0 Å². The normalized spacial score (nSPS) is 40.6. The predicted octanol–water partition coefficient (Wildman–Crippen LogP) is -6.58. The molecule has 0 spiro atoms. The fraction of sp³-hybridized carbons (Fsp3) is 1.00. The molecule has 0 aromatic rings. The topological polar surface area (TPSA) is 307 Å². The van der Waals surface area contributed by atoms with Crippen molar-refractivity contribution in [1.82, 2.24) is 0 Å². The van der Waals surface area contributed by atoms with Gasteiger partial charge in [0.1, 0.15) is 49.3 Å². The standard InChI is InChI=1S/C12H22O11.2Fe.H2O.3O/c13-1-4-6(16)8(18)9(19)11(21-4)23-12(3-15)10(20)7(17)5(2-14)22-12;;;;;;/h4-11,13-20H,1-3H2;;;1H2;;;/q;2*+3;;3*-2. The first-order valence-corrected chi connectivity index (χ1v) is 7.05. The molecule has 2 radical (unpaired) electrons. The van der Waals surface area contributed by atoms with E-state index in [1.165, 1.54) is 0 Å². The molecule has 29 heavy (non-hydrogen) atoms. The Morgan fingerprint density at radius 3 is 1.59 bits per heavy atom. The second kappa shape index (κ2) is 16.1. The van der Waals surface area contributed by atoms with Crippen molar-refractivity contribution in [3.05, 3.63) is 0 Å². The van der Waals surface area contributed by atoms with Crippen molar-refractivity contribution in [1.29, 1.82) is 0 Å². The van der Waals surface area contributed by atoms with Crippen molar-refractivity contribution in [2.24, 2.45) is 0 Å². The van der Waals surface area contributed by atoms with Gasteiger partial charge < -0.3 is 77.0 Å². The van der Waals surface area contributed by atoms with E-state index in [2.05, 4.69) is 0 Å². The Morgan fingerprint density at radius 1 is 0.724 bits per heavy atom. The van der Waals surface area contributed by atoms with E-state index in [1.54, 1.807) is 0 Å². The summed E-state index contributed by atoms with van der Waals surface area (Å²) >= 11 is 0. The molecule has 2 fully saturated rings. The van der Waals surface area contributed by atoms with Gasteiger partial charge in [-0.15, -0.1) is 0 Å². The monoisotopic (exact) mass is 520 g/mol. The van der Waals surface area contributed by atoms with Crippen LogP contribution in [0.1, 0.15) is 0 Å². The van der Waals surface area contributed by atoms with Gasteiger partial charge in [-0.05, 0) is 0 Å². The van der Waals surface area contributed by atoms with E-state index in [1.807, 2.05) is 0 Å². The molecular weight excluding hydrogens is 496 g/mol. The van der Waals surface area contributed by atoms with Crippen molar-refractivity contribution in [3.63, 3.8) is 0 Å². The third-order valence-corrected chi connectivity index (χ3v) is 4.07. The molecule has 0 bridgehead atoms. The van der Waals surface area contributed by atoms with Gasteiger partial charge in [0, 0.05) is 0 Å². The summed E-state index contributed by atoms with van der Waals surface area (Å²) in [5, 5.41) is 76.7. The Labute approximate surface area is 186 Å². The fourth-order valence-electron chi connectivity index (χ4n) is 2.63. The van der Waals surface area contributed by atoms with E-state index in [9.17, 15) is 30.6 Å². The van der Waals surface area contributed by atoms with Gasteiger partial charge in [-0.1, -0.05) is 0 Å². The number of hydrogen-bond donors (Lipinski definition) is 8. The summed E-state index contributed by atoms with van der Waals surface area (Å²) in [5.74, 6) is -2.22. The van der Waals surface area contributed by atoms with Crippen LogP contribution >= 0.6 is 0 Å². The first kappa shape index (κ1) is 39.9. The largest absolute Gasteiger partial charge is 3.00 e. The van der Waals surface area contributed by atoms with Crippen LogP contribution in [-0.4, -0.2) is 121 Å². The van der Waals surface area contributed by atoms with Crippen molar-refractivity contribution in [2.75, 3.05) is 19.8 Å². The average molecular weight is 520 g/mol. The SMILES string of the molecule is O.OCC1OC(OC2(CO)OC(CO)C(O)C2O)C(O)C(O)C1O.[Fe+3].[Fe+3].[O-2].[O-2].[O-2]. The molecule has 2 aliphatic heterocycles. The van der Waals surface area contributed by atoms with Gasteiger partial charge in [0.25, 0.3) is 0 Å². The van der Waals surface area contributed by atoms with E-state index in [0.29, 0.717) is 0 Å². The smallest absolute Gasteiger partial charge is 2.00 e. The molecule has 9 atom stereocenters.